The van der Waals surface area contributed by atoms with Crippen molar-refractivity contribution >= 4 is 13.6 Å². The summed E-state index contributed by atoms with van der Waals surface area (Å²) in [7, 11) is -4.84. The summed E-state index contributed by atoms with van der Waals surface area (Å²) in [5.41, 5.74) is 0.0857. The van der Waals surface area contributed by atoms with E-state index in [1.807, 2.05) is 44.2 Å². The predicted molar refractivity (Wildman–Crippen MR) is 90.5 cm³/mol. The Bertz CT molecular complexity index is 562. The first-order chi connectivity index (χ1) is 10.7. The zero-order valence-electron chi connectivity index (χ0n) is 14.0. The lowest BCUT2D eigenvalue weighted by molar-refractivity contribution is -0.146. The highest BCUT2D eigenvalue weighted by Gasteiger charge is 2.64. The van der Waals surface area contributed by atoms with Crippen molar-refractivity contribution in [3.8, 4) is 0 Å². The number of carboxylic acids is 1. The van der Waals surface area contributed by atoms with Crippen LogP contribution in [-0.4, -0.2) is 26.0 Å². The van der Waals surface area contributed by atoms with Gasteiger partial charge in [0.25, 0.3) is 0 Å². The van der Waals surface area contributed by atoms with Gasteiger partial charge in [0.15, 0.2) is 5.16 Å². The molecule has 0 saturated carbocycles. The molecule has 1 unspecified atom stereocenters. The number of carbonyl (C=O) groups is 1. The topological polar surface area (TPSA) is 94.8 Å². The second kappa shape index (κ2) is 7.61. The number of aryl methyl sites for hydroxylation is 1. The van der Waals surface area contributed by atoms with Gasteiger partial charge in [0.2, 0.25) is 0 Å². The van der Waals surface area contributed by atoms with Crippen molar-refractivity contribution in [2.75, 3.05) is 0 Å². The maximum Gasteiger partial charge on any atom is 0.343 e. The maximum atomic E-state index is 12.2. The van der Waals surface area contributed by atoms with Crippen LogP contribution in [0.15, 0.2) is 30.3 Å². The second-order valence-corrected chi connectivity index (χ2v) is 7.89. The van der Waals surface area contributed by atoms with Gasteiger partial charge in [-0.1, -0.05) is 51.1 Å². The standard InChI is InChI=1S/C17H27O5P/c1-4-16(5-2,13-12-14-10-8-7-9-11-14)17(6-3,15(18)19)23(20,21)22/h7-11H,4-6,12-13H2,1-3H3,(H,18,19)(H2,20,21,22). The Hall–Kier alpha value is -1.16. The third-order valence-corrected chi connectivity index (χ3v) is 7.31. The number of hydrogen-bond acceptors (Lipinski definition) is 2. The first-order valence-corrected chi connectivity index (χ1v) is 9.65. The Balaban J connectivity index is 3.33. The molecule has 0 bridgehead atoms. The Morgan fingerprint density at radius 3 is 1.91 bits per heavy atom. The molecule has 1 rings (SSSR count). The molecular formula is C17H27O5P. The van der Waals surface area contributed by atoms with E-state index in [0.29, 0.717) is 25.7 Å². The normalized spacial score (nSPS) is 15.2. The molecule has 0 heterocycles. The van der Waals surface area contributed by atoms with Crippen molar-refractivity contribution in [2.24, 2.45) is 5.41 Å². The van der Waals surface area contributed by atoms with Gasteiger partial charge in [0.05, 0.1) is 0 Å². The first-order valence-electron chi connectivity index (χ1n) is 8.03. The molecule has 0 aromatic heterocycles. The smallest absolute Gasteiger partial charge is 0.343 e. The van der Waals surface area contributed by atoms with E-state index < -0.39 is 24.1 Å². The van der Waals surface area contributed by atoms with Crippen LogP contribution in [0.1, 0.15) is 52.0 Å². The summed E-state index contributed by atoms with van der Waals surface area (Å²) in [5.74, 6) is -1.40. The van der Waals surface area contributed by atoms with Crippen LogP contribution in [0.25, 0.3) is 0 Å². The van der Waals surface area contributed by atoms with Gasteiger partial charge in [-0.15, -0.1) is 0 Å². The van der Waals surface area contributed by atoms with Crippen LogP contribution in [0.2, 0.25) is 0 Å². The summed E-state index contributed by atoms with van der Waals surface area (Å²) >= 11 is 0. The van der Waals surface area contributed by atoms with E-state index >= 15 is 0 Å². The van der Waals surface area contributed by atoms with Crippen molar-refractivity contribution in [3.05, 3.63) is 35.9 Å². The van der Waals surface area contributed by atoms with Crippen molar-refractivity contribution in [2.45, 2.75) is 58.0 Å². The Morgan fingerprint density at radius 1 is 1.04 bits per heavy atom. The summed E-state index contributed by atoms with van der Waals surface area (Å²) in [6.45, 7) is 5.19. The molecule has 1 aromatic rings. The molecule has 0 radical (unpaired) electrons. The predicted octanol–water partition coefficient (Wildman–Crippen LogP) is 3.84. The molecule has 3 N–H and O–H groups in total. The maximum absolute atomic E-state index is 12.2. The van der Waals surface area contributed by atoms with Crippen molar-refractivity contribution in [1.29, 1.82) is 0 Å². The summed E-state index contributed by atoms with van der Waals surface area (Å²) in [6, 6.07) is 9.61. The van der Waals surface area contributed by atoms with E-state index in [9.17, 15) is 24.3 Å². The SMILES string of the molecule is CCC(CC)(CCc1ccccc1)C(CC)(C(=O)O)P(=O)(O)O. The quantitative estimate of drug-likeness (QED) is 0.593. The van der Waals surface area contributed by atoms with Gasteiger partial charge in [-0.3, -0.25) is 9.36 Å². The lowest BCUT2D eigenvalue weighted by Crippen LogP contribution is -2.53. The van der Waals surface area contributed by atoms with Crippen LogP contribution in [0.5, 0.6) is 0 Å². The molecule has 5 nitrogen and oxygen atoms in total. The zero-order chi connectivity index (χ0) is 17.7. The average Bonchev–Trinajstić information content (AvgIpc) is 2.51. The molecule has 6 heteroatoms. The second-order valence-electron chi connectivity index (χ2n) is 6.04. The van der Waals surface area contributed by atoms with Gasteiger partial charge >= 0.3 is 13.6 Å². The van der Waals surface area contributed by atoms with Crippen LogP contribution in [0, 0.1) is 5.41 Å². The monoisotopic (exact) mass is 342 g/mol. The molecule has 0 amide bonds. The largest absolute Gasteiger partial charge is 0.480 e. The van der Waals surface area contributed by atoms with Gasteiger partial charge in [-0.2, -0.15) is 0 Å². The molecule has 130 valence electrons. The molecule has 0 aliphatic heterocycles. The van der Waals surface area contributed by atoms with Crippen molar-refractivity contribution < 1.29 is 24.3 Å². The fourth-order valence-electron chi connectivity index (χ4n) is 3.82. The Labute approximate surface area is 137 Å². The average molecular weight is 342 g/mol. The van der Waals surface area contributed by atoms with E-state index in [1.165, 1.54) is 0 Å². The number of rotatable bonds is 9. The molecule has 0 aliphatic rings. The molecule has 1 atom stereocenters. The highest BCUT2D eigenvalue weighted by Crippen LogP contribution is 2.64. The Kier molecular flexibility index (Phi) is 6.58. The van der Waals surface area contributed by atoms with E-state index in [0.717, 1.165) is 5.56 Å². The van der Waals surface area contributed by atoms with Crippen molar-refractivity contribution in [1.82, 2.24) is 0 Å². The molecule has 0 aliphatic carbocycles. The van der Waals surface area contributed by atoms with Crippen LogP contribution >= 0.6 is 7.60 Å². The van der Waals surface area contributed by atoms with Crippen LogP contribution < -0.4 is 0 Å². The Morgan fingerprint density at radius 2 is 1.57 bits per heavy atom. The van der Waals surface area contributed by atoms with Gasteiger partial charge in [-0.25, -0.2) is 0 Å². The first kappa shape index (κ1) is 19.9. The van der Waals surface area contributed by atoms with E-state index in [2.05, 4.69) is 0 Å². The van der Waals surface area contributed by atoms with Crippen molar-refractivity contribution in [3.63, 3.8) is 0 Å². The zero-order valence-corrected chi connectivity index (χ0v) is 14.9. The van der Waals surface area contributed by atoms with Gasteiger partial charge in [0, 0.05) is 0 Å². The molecule has 1 aromatic carbocycles. The van der Waals surface area contributed by atoms with E-state index in [4.69, 9.17) is 0 Å². The lowest BCUT2D eigenvalue weighted by atomic mass is 9.66. The minimum atomic E-state index is -4.84. The van der Waals surface area contributed by atoms with Gasteiger partial charge in [0.1, 0.15) is 0 Å². The van der Waals surface area contributed by atoms with Gasteiger partial charge < -0.3 is 14.9 Å². The third kappa shape index (κ3) is 3.52. The van der Waals surface area contributed by atoms with E-state index in [-0.39, 0.29) is 6.42 Å². The molecule has 0 spiro atoms. The van der Waals surface area contributed by atoms with Crippen LogP contribution in [0.4, 0.5) is 0 Å². The fourth-order valence-corrected chi connectivity index (χ4v) is 5.52. The minimum Gasteiger partial charge on any atom is -0.480 e. The molecule has 0 fully saturated rings. The minimum absolute atomic E-state index is 0.0942. The lowest BCUT2D eigenvalue weighted by Gasteiger charge is -2.47. The number of benzene rings is 1. The summed E-state index contributed by atoms with van der Waals surface area (Å²) < 4.78 is 12.2. The van der Waals surface area contributed by atoms with Crippen LogP contribution in [0.3, 0.4) is 0 Å². The molecule has 0 saturated heterocycles. The third-order valence-electron chi connectivity index (χ3n) is 5.33. The number of carboxylic acid groups (broad SMARTS) is 1. The highest BCUT2D eigenvalue weighted by molar-refractivity contribution is 7.54. The fraction of sp³-hybridized carbons (Fsp3) is 0.588. The summed E-state index contributed by atoms with van der Waals surface area (Å²) in [6.07, 6.45) is 1.74. The number of aliphatic carboxylic acids is 1. The molecular weight excluding hydrogens is 315 g/mol. The number of hydrogen-bond donors (Lipinski definition) is 3. The van der Waals surface area contributed by atoms with Crippen LogP contribution in [-0.2, 0) is 15.8 Å². The van der Waals surface area contributed by atoms with E-state index in [1.54, 1.807) is 6.92 Å². The summed E-state index contributed by atoms with van der Waals surface area (Å²) in [4.78, 5) is 31.8. The highest BCUT2D eigenvalue weighted by atomic mass is 31.2. The van der Waals surface area contributed by atoms with Gasteiger partial charge in [-0.05, 0) is 43.1 Å². The molecule has 23 heavy (non-hydrogen) atoms. The summed E-state index contributed by atoms with van der Waals surface area (Å²) in [5, 5.41) is 7.72.